The number of hydrogen-bond donors (Lipinski definition) is 1. The Morgan fingerprint density at radius 1 is 1.32 bits per heavy atom. The molecule has 1 saturated carbocycles. The van der Waals surface area contributed by atoms with Crippen LogP contribution in [0.25, 0.3) is 0 Å². The van der Waals surface area contributed by atoms with Gasteiger partial charge in [-0.15, -0.1) is 24.0 Å². The first-order chi connectivity index (χ1) is 11.6. The molecular weight excluding hydrogens is 431 g/mol. The number of ether oxygens (including phenoxy) is 1. The van der Waals surface area contributed by atoms with E-state index in [0.29, 0.717) is 12.5 Å². The number of guanidine groups is 1. The van der Waals surface area contributed by atoms with Crippen LogP contribution in [0.5, 0.6) is 0 Å². The van der Waals surface area contributed by atoms with Crippen LogP contribution in [-0.4, -0.2) is 74.7 Å². The van der Waals surface area contributed by atoms with E-state index in [1.54, 1.807) is 0 Å². The fourth-order valence-electron chi connectivity index (χ4n) is 3.87. The number of methoxy groups -OCH3 is 1. The fourth-order valence-corrected chi connectivity index (χ4v) is 3.87. The number of aliphatic imine (C=N–C) groups is 1. The van der Waals surface area contributed by atoms with Crippen LogP contribution in [0.2, 0.25) is 0 Å². The third-order valence-electron chi connectivity index (χ3n) is 5.41. The van der Waals surface area contributed by atoms with Crippen molar-refractivity contribution >= 4 is 35.9 Å². The van der Waals surface area contributed by atoms with Gasteiger partial charge in [0.05, 0.1) is 19.6 Å². The van der Waals surface area contributed by atoms with Gasteiger partial charge in [-0.3, -0.25) is 9.79 Å². The summed E-state index contributed by atoms with van der Waals surface area (Å²) in [6.07, 6.45) is 5.37. The molecule has 7 heteroatoms. The van der Waals surface area contributed by atoms with Crippen molar-refractivity contribution < 1.29 is 9.53 Å². The molecule has 0 aromatic heterocycles. The fraction of sp³-hybridized carbons (Fsp3) is 0.889. The van der Waals surface area contributed by atoms with Gasteiger partial charge in [0.15, 0.2) is 5.96 Å². The van der Waals surface area contributed by atoms with Gasteiger partial charge in [0.25, 0.3) is 0 Å². The topological polar surface area (TPSA) is 57.2 Å². The van der Waals surface area contributed by atoms with E-state index >= 15 is 0 Å². The minimum Gasteiger partial charge on any atom is -0.469 e. The summed E-state index contributed by atoms with van der Waals surface area (Å²) in [5, 5.41) is 3.37. The summed E-state index contributed by atoms with van der Waals surface area (Å²) >= 11 is 0. The average molecular weight is 466 g/mol. The molecule has 25 heavy (non-hydrogen) atoms. The molecule has 1 N–H and O–H groups in total. The van der Waals surface area contributed by atoms with Gasteiger partial charge >= 0.3 is 5.97 Å². The maximum absolute atomic E-state index is 11.9. The Morgan fingerprint density at radius 3 is 2.60 bits per heavy atom. The maximum Gasteiger partial charge on any atom is 0.310 e. The maximum atomic E-state index is 11.9. The zero-order valence-electron chi connectivity index (χ0n) is 16.2. The smallest absolute Gasteiger partial charge is 0.310 e. The highest BCUT2D eigenvalue weighted by molar-refractivity contribution is 14.0. The van der Waals surface area contributed by atoms with Gasteiger partial charge in [-0.25, -0.2) is 0 Å². The molecule has 2 fully saturated rings. The Morgan fingerprint density at radius 2 is 2.00 bits per heavy atom. The van der Waals surface area contributed by atoms with Gasteiger partial charge in [0.2, 0.25) is 0 Å². The molecule has 6 nitrogen and oxygen atoms in total. The van der Waals surface area contributed by atoms with E-state index in [1.165, 1.54) is 32.8 Å². The van der Waals surface area contributed by atoms with Crippen LogP contribution in [0, 0.1) is 11.8 Å². The van der Waals surface area contributed by atoms with Gasteiger partial charge in [-0.1, -0.05) is 19.8 Å². The first-order valence-electron chi connectivity index (χ1n) is 9.38. The number of carbonyl (C=O) groups excluding carboxylic acids is 1. The van der Waals surface area contributed by atoms with Gasteiger partial charge in [-0.2, -0.15) is 0 Å². The molecule has 0 aromatic carbocycles. The molecular formula is C18H35IN4O2. The van der Waals surface area contributed by atoms with Gasteiger partial charge in [0, 0.05) is 32.2 Å². The van der Waals surface area contributed by atoms with Gasteiger partial charge in [0.1, 0.15) is 0 Å². The van der Waals surface area contributed by atoms with Crippen molar-refractivity contribution in [3.63, 3.8) is 0 Å². The highest BCUT2D eigenvalue weighted by Crippen LogP contribution is 2.24. The number of hydrogen-bond acceptors (Lipinski definition) is 4. The largest absolute Gasteiger partial charge is 0.469 e. The highest BCUT2D eigenvalue weighted by Gasteiger charge is 2.36. The van der Waals surface area contributed by atoms with E-state index in [9.17, 15) is 4.79 Å². The second-order valence-corrected chi connectivity index (χ2v) is 7.17. The van der Waals surface area contributed by atoms with E-state index in [-0.39, 0.29) is 35.9 Å². The summed E-state index contributed by atoms with van der Waals surface area (Å²) < 4.78 is 4.93. The molecule has 2 rings (SSSR count). The summed E-state index contributed by atoms with van der Waals surface area (Å²) in [7, 11) is 3.68. The van der Waals surface area contributed by atoms with Crippen molar-refractivity contribution in [2.45, 2.75) is 45.6 Å². The SMILES string of the molecule is CCNC(=NCCN(C)C1CCCC1)N1CC(C)C(C(=O)OC)C1.I. The number of nitrogens with one attached hydrogen (secondary N) is 1. The van der Waals surface area contributed by atoms with E-state index in [0.717, 1.165) is 38.2 Å². The second-order valence-electron chi connectivity index (χ2n) is 7.17. The zero-order valence-corrected chi connectivity index (χ0v) is 18.5. The van der Waals surface area contributed by atoms with E-state index in [4.69, 9.17) is 9.73 Å². The summed E-state index contributed by atoms with van der Waals surface area (Å²) in [5.74, 6) is 1.06. The normalized spacial score (nSPS) is 24.5. The predicted molar refractivity (Wildman–Crippen MR) is 113 cm³/mol. The number of nitrogens with zero attached hydrogens (tertiary/aromatic N) is 3. The first-order valence-corrected chi connectivity index (χ1v) is 9.38. The number of carbonyl (C=O) groups is 1. The summed E-state index contributed by atoms with van der Waals surface area (Å²) in [6.45, 7) is 8.36. The van der Waals surface area contributed by atoms with E-state index < -0.39 is 0 Å². The Bertz CT molecular complexity index is 441. The predicted octanol–water partition coefficient (Wildman–Crippen LogP) is 2.19. The van der Waals surface area contributed by atoms with Crippen molar-refractivity contribution in [3.8, 4) is 0 Å². The zero-order chi connectivity index (χ0) is 17.5. The molecule has 1 aliphatic carbocycles. The van der Waals surface area contributed by atoms with Crippen molar-refractivity contribution in [1.82, 2.24) is 15.1 Å². The van der Waals surface area contributed by atoms with Crippen LogP contribution in [0.4, 0.5) is 0 Å². The lowest BCUT2D eigenvalue weighted by molar-refractivity contribution is -0.145. The Hall–Kier alpha value is -0.570. The van der Waals surface area contributed by atoms with Gasteiger partial charge in [-0.05, 0) is 32.7 Å². The molecule has 0 radical (unpaired) electrons. The molecule has 2 aliphatic rings. The highest BCUT2D eigenvalue weighted by atomic mass is 127. The third-order valence-corrected chi connectivity index (χ3v) is 5.41. The van der Waals surface area contributed by atoms with Crippen LogP contribution in [-0.2, 0) is 9.53 Å². The Kier molecular flexibility index (Phi) is 10.1. The van der Waals surface area contributed by atoms with Crippen LogP contribution < -0.4 is 5.32 Å². The number of likely N-dealkylation sites (N-methyl/N-ethyl adjacent to an activating group) is 1. The third kappa shape index (κ3) is 6.27. The molecule has 0 bridgehead atoms. The standard InChI is InChI=1S/C18H34N4O2.HI/c1-5-19-18(20-10-11-21(3)15-8-6-7-9-15)22-12-14(2)16(13-22)17(23)24-4;/h14-16H,5-13H2,1-4H3,(H,19,20);1H. The molecule has 146 valence electrons. The molecule has 2 unspecified atom stereocenters. The lowest BCUT2D eigenvalue weighted by Gasteiger charge is -2.24. The molecule has 0 amide bonds. The minimum atomic E-state index is -0.109. The van der Waals surface area contributed by atoms with Gasteiger partial charge < -0.3 is 19.9 Å². The van der Waals surface area contributed by atoms with Crippen LogP contribution >= 0.6 is 24.0 Å². The average Bonchev–Trinajstić information content (AvgIpc) is 3.23. The van der Waals surface area contributed by atoms with Crippen molar-refractivity contribution in [2.24, 2.45) is 16.8 Å². The van der Waals surface area contributed by atoms with Crippen LogP contribution in [0.3, 0.4) is 0 Å². The molecule has 1 saturated heterocycles. The number of esters is 1. The van der Waals surface area contributed by atoms with Crippen molar-refractivity contribution in [2.75, 3.05) is 46.9 Å². The van der Waals surface area contributed by atoms with Crippen LogP contribution in [0.15, 0.2) is 4.99 Å². The van der Waals surface area contributed by atoms with E-state index in [1.807, 2.05) is 0 Å². The monoisotopic (exact) mass is 466 g/mol. The molecule has 1 heterocycles. The second kappa shape index (κ2) is 11.2. The number of likely N-dealkylation sites (tertiary alicyclic amines) is 1. The molecule has 0 spiro atoms. The number of rotatable bonds is 6. The van der Waals surface area contributed by atoms with Crippen molar-refractivity contribution in [3.05, 3.63) is 0 Å². The number of halogens is 1. The van der Waals surface area contributed by atoms with Crippen LogP contribution in [0.1, 0.15) is 39.5 Å². The molecule has 0 aromatic rings. The minimum absolute atomic E-state index is 0. The summed E-state index contributed by atoms with van der Waals surface area (Å²) in [5.41, 5.74) is 0. The van der Waals surface area contributed by atoms with Crippen molar-refractivity contribution in [1.29, 1.82) is 0 Å². The summed E-state index contributed by atoms with van der Waals surface area (Å²) in [6, 6.07) is 0.735. The molecule has 1 aliphatic heterocycles. The quantitative estimate of drug-likeness (QED) is 0.282. The summed E-state index contributed by atoms with van der Waals surface area (Å²) in [4.78, 5) is 21.3. The van der Waals surface area contributed by atoms with E-state index in [2.05, 4.69) is 36.0 Å². The lowest BCUT2D eigenvalue weighted by atomic mass is 9.99. The Balaban J connectivity index is 0.00000312. The molecule has 2 atom stereocenters. The lowest BCUT2D eigenvalue weighted by Crippen LogP contribution is -2.41. The Labute approximate surface area is 169 Å². The first kappa shape index (κ1) is 22.5.